The molecule has 1 rings (SSSR count). The highest BCUT2D eigenvalue weighted by Gasteiger charge is 2.05. The van der Waals surface area contributed by atoms with Crippen LogP contribution in [0.25, 0.3) is 0 Å². The van der Waals surface area contributed by atoms with Gasteiger partial charge in [0, 0.05) is 12.2 Å². The summed E-state index contributed by atoms with van der Waals surface area (Å²) in [6.45, 7) is 1.82. The first-order valence-corrected chi connectivity index (χ1v) is 6.32. The number of carbonyl (C=O) groups is 1. The number of hydrogen-bond acceptors (Lipinski definition) is 3. The van der Waals surface area contributed by atoms with Gasteiger partial charge >= 0.3 is 0 Å². The van der Waals surface area contributed by atoms with Gasteiger partial charge in [0.05, 0.1) is 11.4 Å². The van der Waals surface area contributed by atoms with Gasteiger partial charge in [-0.05, 0) is 25.3 Å². The predicted octanol–water partition coefficient (Wildman–Crippen LogP) is 2.74. The number of anilines is 1. The van der Waals surface area contributed by atoms with E-state index in [1.807, 2.05) is 13.2 Å². The molecular weight excluding hydrogens is 232 g/mol. The summed E-state index contributed by atoms with van der Waals surface area (Å²) in [5.41, 5.74) is 1.46. The molecule has 15 heavy (non-hydrogen) atoms. The fourth-order valence-electron chi connectivity index (χ4n) is 1.07. The summed E-state index contributed by atoms with van der Waals surface area (Å²) in [6, 6.07) is 3.43. The number of carbonyl (C=O) groups excluding carboxylic acids is 1. The van der Waals surface area contributed by atoms with Crippen molar-refractivity contribution < 1.29 is 4.79 Å². The maximum Gasteiger partial charge on any atom is 0.225 e. The predicted molar refractivity (Wildman–Crippen MR) is 65.6 cm³/mol. The SMILES string of the molecule is CSCCC(=O)Nc1ccc(Cl)nc1C. The summed E-state index contributed by atoms with van der Waals surface area (Å²) in [7, 11) is 0. The highest BCUT2D eigenvalue weighted by Crippen LogP contribution is 2.15. The van der Waals surface area contributed by atoms with Crippen molar-refractivity contribution in [2.75, 3.05) is 17.3 Å². The summed E-state index contributed by atoms with van der Waals surface area (Å²) >= 11 is 7.36. The van der Waals surface area contributed by atoms with Crippen LogP contribution in [0.15, 0.2) is 12.1 Å². The molecule has 0 aliphatic rings. The van der Waals surface area contributed by atoms with Crippen LogP contribution in [0.5, 0.6) is 0 Å². The van der Waals surface area contributed by atoms with Crippen molar-refractivity contribution in [2.45, 2.75) is 13.3 Å². The van der Waals surface area contributed by atoms with Crippen molar-refractivity contribution in [2.24, 2.45) is 0 Å². The van der Waals surface area contributed by atoms with Crippen molar-refractivity contribution in [1.82, 2.24) is 4.98 Å². The van der Waals surface area contributed by atoms with Crippen molar-refractivity contribution in [3.8, 4) is 0 Å². The van der Waals surface area contributed by atoms with Gasteiger partial charge in [0.1, 0.15) is 5.15 Å². The fraction of sp³-hybridized carbons (Fsp3) is 0.400. The molecule has 1 aromatic heterocycles. The molecule has 0 saturated carbocycles. The van der Waals surface area contributed by atoms with E-state index in [-0.39, 0.29) is 5.91 Å². The molecule has 0 saturated heterocycles. The number of pyridine rings is 1. The Morgan fingerprint density at radius 2 is 2.33 bits per heavy atom. The van der Waals surface area contributed by atoms with Gasteiger partial charge in [-0.3, -0.25) is 4.79 Å². The molecule has 0 aromatic carbocycles. The number of halogens is 1. The van der Waals surface area contributed by atoms with E-state index in [1.165, 1.54) is 0 Å². The van der Waals surface area contributed by atoms with E-state index in [2.05, 4.69) is 10.3 Å². The van der Waals surface area contributed by atoms with E-state index in [0.29, 0.717) is 11.6 Å². The third-order valence-electron chi connectivity index (χ3n) is 1.86. The molecule has 0 fully saturated rings. The largest absolute Gasteiger partial charge is 0.324 e. The van der Waals surface area contributed by atoms with E-state index in [0.717, 1.165) is 17.1 Å². The second-order valence-electron chi connectivity index (χ2n) is 3.06. The molecular formula is C10H13ClN2OS. The number of aryl methyl sites for hydroxylation is 1. The third-order valence-corrected chi connectivity index (χ3v) is 2.68. The number of thioether (sulfide) groups is 1. The Bertz CT molecular complexity index is 357. The summed E-state index contributed by atoms with van der Waals surface area (Å²) in [5.74, 6) is 0.836. The zero-order valence-electron chi connectivity index (χ0n) is 8.71. The lowest BCUT2D eigenvalue weighted by atomic mass is 10.3. The molecule has 0 unspecified atom stereocenters. The molecule has 0 aliphatic carbocycles. The van der Waals surface area contributed by atoms with Gasteiger partial charge in [0.15, 0.2) is 0 Å². The maximum atomic E-state index is 11.4. The summed E-state index contributed by atoms with van der Waals surface area (Å²) < 4.78 is 0. The topological polar surface area (TPSA) is 42.0 Å². The third kappa shape index (κ3) is 4.10. The van der Waals surface area contributed by atoms with Gasteiger partial charge in [-0.15, -0.1) is 0 Å². The normalized spacial score (nSPS) is 10.1. The van der Waals surface area contributed by atoms with Gasteiger partial charge in [-0.25, -0.2) is 4.98 Å². The van der Waals surface area contributed by atoms with Crippen LogP contribution in [-0.4, -0.2) is 22.9 Å². The molecule has 0 atom stereocenters. The van der Waals surface area contributed by atoms with Gasteiger partial charge in [0.2, 0.25) is 5.91 Å². The second kappa shape index (κ2) is 5.98. The van der Waals surface area contributed by atoms with E-state index >= 15 is 0 Å². The molecule has 0 spiro atoms. The average Bonchev–Trinajstić information content (AvgIpc) is 2.19. The van der Waals surface area contributed by atoms with Crippen molar-refractivity contribution in [1.29, 1.82) is 0 Å². The van der Waals surface area contributed by atoms with Crippen molar-refractivity contribution >= 4 is 35.0 Å². The zero-order valence-corrected chi connectivity index (χ0v) is 10.3. The molecule has 0 radical (unpaired) electrons. The Morgan fingerprint density at radius 1 is 1.60 bits per heavy atom. The molecule has 82 valence electrons. The molecule has 1 heterocycles. The van der Waals surface area contributed by atoms with Gasteiger partial charge in [0.25, 0.3) is 0 Å². The molecule has 1 amide bonds. The Hall–Kier alpha value is -0.740. The van der Waals surface area contributed by atoms with E-state index in [9.17, 15) is 4.79 Å². The molecule has 1 aromatic rings. The van der Waals surface area contributed by atoms with Crippen LogP contribution < -0.4 is 5.32 Å². The highest BCUT2D eigenvalue weighted by atomic mass is 35.5. The zero-order chi connectivity index (χ0) is 11.3. The summed E-state index contributed by atoms with van der Waals surface area (Å²) in [5, 5.41) is 3.24. The minimum atomic E-state index is 0.0107. The van der Waals surface area contributed by atoms with Crippen LogP contribution in [0.3, 0.4) is 0 Å². The smallest absolute Gasteiger partial charge is 0.225 e. The number of hydrogen-bond donors (Lipinski definition) is 1. The molecule has 1 N–H and O–H groups in total. The van der Waals surface area contributed by atoms with E-state index < -0.39 is 0 Å². The second-order valence-corrected chi connectivity index (χ2v) is 4.43. The van der Waals surface area contributed by atoms with Crippen molar-refractivity contribution in [3.05, 3.63) is 23.0 Å². The van der Waals surface area contributed by atoms with Gasteiger partial charge in [-0.1, -0.05) is 11.6 Å². The molecule has 3 nitrogen and oxygen atoms in total. The Balaban J connectivity index is 2.60. The lowest BCUT2D eigenvalue weighted by Gasteiger charge is -2.07. The van der Waals surface area contributed by atoms with Crippen LogP contribution in [0, 0.1) is 6.92 Å². The van der Waals surface area contributed by atoms with Gasteiger partial charge in [-0.2, -0.15) is 11.8 Å². The van der Waals surface area contributed by atoms with Crippen LogP contribution >= 0.6 is 23.4 Å². The fourth-order valence-corrected chi connectivity index (χ4v) is 1.65. The van der Waals surface area contributed by atoms with Crippen LogP contribution in [0.2, 0.25) is 5.15 Å². The van der Waals surface area contributed by atoms with Gasteiger partial charge < -0.3 is 5.32 Å². The van der Waals surface area contributed by atoms with E-state index in [1.54, 1.807) is 23.9 Å². The standard InChI is InChI=1S/C10H13ClN2OS/c1-7-8(3-4-9(11)12-7)13-10(14)5-6-15-2/h3-4H,5-6H2,1-2H3,(H,13,14). The number of amides is 1. The minimum Gasteiger partial charge on any atom is -0.324 e. The first-order valence-electron chi connectivity index (χ1n) is 4.55. The number of aromatic nitrogens is 1. The number of rotatable bonds is 4. The Kier molecular flexibility index (Phi) is 4.91. The first-order chi connectivity index (χ1) is 7.13. The summed E-state index contributed by atoms with van der Waals surface area (Å²) in [6.07, 6.45) is 2.49. The maximum absolute atomic E-state index is 11.4. The van der Waals surface area contributed by atoms with E-state index in [4.69, 9.17) is 11.6 Å². The van der Waals surface area contributed by atoms with Crippen molar-refractivity contribution in [3.63, 3.8) is 0 Å². The monoisotopic (exact) mass is 244 g/mol. The number of nitrogens with zero attached hydrogens (tertiary/aromatic N) is 1. The summed E-state index contributed by atoms with van der Waals surface area (Å²) in [4.78, 5) is 15.5. The molecule has 0 bridgehead atoms. The quantitative estimate of drug-likeness (QED) is 0.829. The van der Waals surface area contributed by atoms with Crippen LogP contribution in [0.1, 0.15) is 12.1 Å². The highest BCUT2D eigenvalue weighted by molar-refractivity contribution is 7.98. The average molecular weight is 245 g/mol. The van der Waals surface area contributed by atoms with Crippen LogP contribution in [-0.2, 0) is 4.79 Å². The van der Waals surface area contributed by atoms with Crippen LogP contribution in [0.4, 0.5) is 5.69 Å². The minimum absolute atomic E-state index is 0.0107. The first kappa shape index (κ1) is 12.3. The lowest BCUT2D eigenvalue weighted by Crippen LogP contribution is -2.13. The molecule has 5 heteroatoms. The number of nitrogens with one attached hydrogen (secondary N) is 1. The Labute approximate surface area is 98.6 Å². The Morgan fingerprint density at radius 3 is 2.93 bits per heavy atom. The molecule has 0 aliphatic heterocycles. The lowest BCUT2D eigenvalue weighted by molar-refractivity contribution is -0.115.